The van der Waals surface area contributed by atoms with Gasteiger partial charge in [-0.1, -0.05) is 0 Å². The van der Waals surface area contributed by atoms with E-state index in [4.69, 9.17) is 16.3 Å². The first kappa shape index (κ1) is 11.0. The van der Waals surface area contributed by atoms with Crippen molar-refractivity contribution < 1.29 is 9.13 Å². The predicted octanol–water partition coefficient (Wildman–Crippen LogP) is 2.89. The smallest absolute Gasteiger partial charge is 0.124 e. The van der Waals surface area contributed by atoms with Crippen molar-refractivity contribution in [1.29, 1.82) is 0 Å². The van der Waals surface area contributed by atoms with Crippen LogP contribution >= 0.6 is 11.6 Å². The zero-order chi connectivity index (χ0) is 11.5. The number of halogens is 2. The second-order valence-electron chi connectivity index (χ2n) is 3.28. The quantitative estimate of drug-likeness (QED) is 0.838. The average Bonchev–Trinajstić information content (AvgIpc) is 2.81. The normalized spacial score (nSPS) is 12.4. The maximum Gasteiger partial charge on any atom is 0.124 e. The Labute approximate surface area is 97.2 Å². The molecule has 0 amide bonds. The molecule has 0 radical (unpaired) electrons. The monoisotopic (exact) mass is 240 g/mol. The number of H-pyrrole nitrogens is 1. The number of ether oxygens (including phenoxy) is 1. The Morgan fingerprint density at radius 1 is 1.50 bits per heavy atom. The Kier molecular flexibility index (Phi) is 3.10. The molecule has 0 aliphatic carbocycles. The van der Waals surface area contributed by atoms with E-state index >= 15 is 0 Å². The minimum absolute atomic E-state index is 0.343. The van der Waals surface area contributed by atoms with E-state index in [9.17, 15) is 4.39 Å². The fourth-order valence-electron chi connectivity index (χ4n) is 1.48. The second-order valence-corrected chi connectivity index (χ2v) is 3.72. The zero-order valence-corrected chi connectivity index (χ0v) is 9.33. The van der Waals surface area contributed by atoms with Gasteiger partial charge in [-0.3, -0.25) is 5.10 Å². The molecule has 0 bridgehead atoms. The van der Waals surface area contributed by atoms with Crippen LogP contribution < -0.4 is 4.74 Å². The van der Waals surface area contributed by atoms with Crippen molar-refractivity contribution in [2.75, 3.05) is 7.11 Å². The summed E-state index contributed by atoms with van der Waals surface area (Å²) in [5, 5.41) is 5.98. The highest BCUT2D eigenvalue weighted by molar-refractivity contribution is 6.22. The van der Waals surface area contributed by atoms with Gasteiger partial charge in [-0.25, -0.2) is 4.39 Å². The molecule has 0 spiro atoms. The Morgan fingerprint density at radius 3 is 2.94 bits per heavy atom. The van der Waals surface area contributed by atoms with Crippen molar-refractivity contribution in [3.8, 4) is 5.75 Å². The molecule has 1 aromatic carbocycles. The molecule has 0 saturated carbocycles. The van der Waals surface area contributed by atoms with Crippen LogP contribution in [0.4, 0.5) is 4.39 Å². The maximum atomic E-state index is 13.1. The molecule has 1 unspecified atom stereocenters. The van der Waals surface area contributed by atoms with Crippen LogP contribution in [0.5, 0.6) is 5.75 Å². The van der Waals surface area contributed by atoms with Gasteiger partial charge in [0.25, 0.3) is 0 Å². The Morgan fingerprint density at radius 2 is 2.31 bits per heavy atom. The number of nitrogens with one attached hydrogen (secondary N) is 1. The van der Waals surface area contributed by atoms with Crippen molar-refractivity contribution in [3.63, 3.8) is 0 Å². The summed E-state index contributed by atoms with van der Waals surface area (Å²) in [6, 6.07) is 4.25. The van der Waals surface area contributed by atoms with Crippen molar-refractivity contribution in [3.05, 3.63) is 47.5 Å². The fraction of sp³-hybridized carbons (Fsp3) is 0.182. The zero-order valence-electron chi connectivity index (χ0n) is 8.58. The fourth-order valence-corrected chi connectivity index (χ4v) is 1.77. The van der Waals surface area contributed by atoms with Crippen molar-refractivity contribution in [2.24, 2.45) is 0 Å². The van der Waals surface area contributed by atoms with E-state index in [0.717, 1.165) is 5.56 Å². The summed E-state index contributed by atoms with van der Waals surface area (Å²) >= 11 is 6.22. The molecule has 1 atom stereocenters. The third-order valence-corrected chi connectivity index (χ3v) is 2.76. The summed E-state index contributed by atoms with van der Waals surface area (Å²) in [4.78, 5) is 0. The molecule has 5 heteroatoms. The van der Waals surface area contributed by atoms with Crippen LogP contribution in [0, 0.1) is 5.82 Å². The van der Waals surface area contributed by atoms with Crippen LogP contribution in [0.25, 0.3) is 0 Å². The van der Waals surface area contributed by atoms with Crippen LogP contribution in [0.1, 0.15) is 16.5 Å². The van der Waals surface area contributed by atoms with E-state index in [2.05, 4.69) is 10.2 Å². The lowest BCUT2D eigenvalue weighted by Gasteiger charge is -2.12. The van der Waals surface area contributed by atoms with Crippen LogP contribution in [0.2, 0.25) is 0 Å². The topological polar surface area (TPSA) is 37.9 Å². The Bertz CT molecular complexity index is 473. The minimum atomic E-state index is -0.482. The lowest BCUT2D eigenvalue weighted by atomic mass is 10.1. The van der Waals surface area contributed by atoms with E-state index < -0.39 is 5.38 Å². The van der Waals surface area contributed by atoms with E-state index in [1.165, 1.54) is 19.2 Å². The lowest BCUT2D eigenvalue weighted by molar-refractivity contribution is 0.409. The van der Waals surface area contributed by atoms with Crippen LogP contribution in [0.15, 0.2) is 30.6 Å². The highest BCUT2D eigenvalue weighted by Gasteiger charge is 2.17. The number of hydrogen-bond donors (Lipinski definition) is 1. The summed E-state index contributed by atoms with van der Waals surface area (Å²) in [6.07, 6.45) is 3.27. The number of rotatable bonds is 3. The molecule has 1 N–H and O–H groups in total. The van der Waals surface area contributed by atoms with Crippen LogP contribution in [0.3, 0.4) is 0 Å². The molecular weight excluding hydrogens is 231 g/mol. The van der Waals surface area contributed by atoms with Gasteiger partial charge in [-0.2, -0.15) is 5.10 Å². The van der Waals surface area contributed by atoms with Gasteiger partial charge in [0.15, 0.2) is 0 Å². The molecule has 1 aromatic heterocycles. The standard InChI is InChI=1S/C11H10ClFN2O/c1-16-10-3-2-8(13)4-9(10)11(12)7-5-14-15-6-7/h2-6,11H,1H3,(H,14,15). The van der Waals surface area contributed by atoms with Crippen molar-refractivity contribution in [1.82, 2.24) is 10.2 Å². The first-order valence-electron chi connectivity index (χ1n) is 4.68. The summed E-state index contributed by atoms with van der Waals surface area (Å²) in [7, 11) is 1.52. The highest BCUT2D eigenvalue weighted by Crippen LogP contribution is 2.34. The predicted molar refractivity (Wildman–Crippen MR) is 59.2 cm³/mol. The largest absolute Gasteiger partial charge is 0.496 e. The first-order chi connectivity index (χ1) is 7.72. The molecule has 1 heterocycles. The van der Waals surface area contributed by atoms with Crippen LogP contribution in [-0.2, 0) is 0 Å². The van der Waals surface area contributed by atoms with E-state index in [0.29, 0.717) is 11.3 Å². The minimum Gasteiger partial charge on any atom is -0.496 e. The summed E-state index contributed by atoms with van der Waals surface area (Å²) in [5.74, 6) is 0.215. The van der Waals surface area contributed by atoms with Gasteiger partial charge in [-0.15, -0.1) is 11.6 Å². The molecule has 0 aliphatic rings. The number of aromatic nitrogens is 2. The van der Waals surface area contributed by atoms with Crippen molar-refractivity contribution in [2.45, 2.75) is 5.38 Å². The summed E-state index contributed by atoms with van der Waals surface area (Å²) in [6.45, 7) is 0. The molecule has 2 aromatic rings. The third kappa shape index (κ3) is 2.02. The summed E-state index contributed by atoms with van der Waals surface area (Å²) < 4.78 is 18.3. The van der Waals surface area contributed by atoms with Gasteiger partial charge < -0.3 is 4.74 Å². The van der Waals surface area contributed by atoms with Gasteiger partial charge in [0.1, 0.15) is 11.6 Å². The third-order valence-electron chi connectivity index (χ3n) is 2.28. The number of hydrogen-bond acceptors (Lipinski definition) is 2. The van der Waals surface area contributed by atoms with Gasteiger partial charge in [0.05, 0.1) is 18.7 Å². The summed E-state index contributed by atoms with van der Waals surface area (Å²) in [5.41, 5.74) is 1.36. The number of nitrogens with zero attached hydrogens (tertiary/aromatic N) is 1. The van der Waals surface area contributed by atoms with E-state index in [-0.39, 0.29) is 5.82 Å². The molecule has 2 rings (SSSR count). The van der Waals surface area contributed by atoms with Gasteiger partial charge in [0.2, 0.25) is 0 Å². The lowest BCUT2D eigenvalue weighted by Crippen LogP contribution is -1.97. The van der Waals surface area contributed by atoms with Crippen molar-refractivity contribution >= 4 is 11.6 Å². The molecule has 0 saturated heterocycles. The van der Waals surface area contributed by atoms with E-state index in [1.807, 2.05) is 0 Å². The Balaban J connectivity index is 2.42. The number of aromatic amines is 1. The highest BCUT2D eigenvalue weighted by atomic mass is 35.5. The molecular formula is C11H10ClFN2O. The second kappa shape index (κ2) is 4.53. The molecule has 0 aliphatic heterocycles. The van der Waals surface area contributed by atoms with Gasteiger partial charge in [0, 0.05) is 17.3 Å². The average molecular weight is 241 g/mol. The number of benzene rings is 1. The first-order valence-corrected chi connectivity index (χ1v) is 5.12. The van der Waals surface area contributed by atoms with Gasteiger partial charge in [-0.05, 0) is 18.2 Å². The van der Waals surface area contributed by atoms with Gasteiger partial charge >= 0.3 is 0 Å². The SMILES string of the molecule is COc1ccc(F)cc1C(Cl)c1cn[nH]c1. The number of alkyl halides is 1. The maximum absolute atomic E-state index is 13.1. The molecule has 3 nitrogen and oxygen atoms in total. The molecule has 0 fully saturated rings. The van der Waals surface area contributed by atoms with Crippen LogP contribution in [-0.4, -0.2) is 17.3 Å². The Hall–Kier alpha value is -1.55. The molecule has 84 valence electrons. The molecule has 16 heavy (non-hydrogen) atoms. The number of methoxy groups -OCH3 is 1. The van der Waals surface area contributed by atoms with E-state index in [1.54, 1.807) is 18.5 Å².